The number of anilines is 2. The minimum Gasteiger partial charge on any atom is -0.467 e. The number of carbonyl (C=O) groups excluding carboxylic acids is 2. The molecule has 0 aliphatic rings. The van der Waals surface area contributed by atoms with Gasteiger partial charge in [0, 0.05) is 16.9 Å². The molecule has 0 aliphatic heterocycles. The number of nitrogens with one attached hydrogen (secondary N) is 3. The van der Waals surface area contributed by atoms with Gasteiger partial charge in [0.05, 0.1) is 19.4 Å². The van der Waals surface area contributed by atoms with Crippen LogP contribution in [0, 0.1) is 0 Å². The van der Waals surface area contributed by atoms with E-state index in [1.165, 1.54) is 0 Å². The molecule has 6 heteroatoms. The lowest BCUT2D eigenvalue weighted by atomic mass is 10.2. The molecule has 1 heterocycles. The van der Waals surface area contributed by atoms with Crippen LogP contribution in [-0.2, 0) is 11.3 Å². The molecule has 0 aliphatic carbocycles. The Bertz CT molecular complexity index is 844. The van der Waals surface area contributed by atoms with Crippen LogP contribution < -0.4 is 16.0 Å². The molecular weight excluding hydrogens is 330 g/mol. The van der Waals surface area contributed by atoms with Crippen molar-refractivity contribution in [3.8, 4) is 0 Å². The van der Waals surface area contributed by atoms with E-state index in [0.29, 0.717) is 17.9 Å². The number of hydrogen-bond donors (Lipinski definition) is 3. The Morgan fingerprint density at radius 2 is 1.62 bits per heavy atom. The summed E-state index contributed by atoms with van der Waals surface area (Å²) in [5.74, 6) is 0.373. The van der Waals surface area contributed by atoms with Crippen LogP contribution in [0.25, 0.3) is 0 Å². The number of furan rings is 1. The number of amides is 2. The number of para-hydroxylation sites is 1. The van der Waals surface area contributed by atoms with Crippen LogP contribution in [0.4, 0.5) is 11.4 Å². The van der Waals surface area contributed by atoms with Crippen LogP contribution in [-0.4, -0.2) is 18.4 Å². The van der Waals surface area contributed by atoms with Gasteiger partial charge in [-0.1, -0.05) is 18.2 Å². The van der Waals surface area contributed by atoms with Crippen LogP contribution in [0.3, 0.4) is 0 Å². The van der Waals surface area contributed by atoms with Crippen LogP contribution in [0.15, 0.2) is 77.4 Å². The van der Waals surface area contributed by atoms with Crippen molar-refractivity contribution in [1.82, 2.24) is 5.32 Å². The SMILES string of the molecule is O=C(CNc1ccc(C(=O)Nc2ccccc2)cc1)NCc1ccco1. The fourth-order valence-electron chi connectivity index (χ4n) is 2.31. The fraction of sp³-hybridized carbons (Fsp3) is 0.100. The zero-order valence-electron chi connectivity index (χ0n) is 14.1. The lowest BCUT2D eigenvalue weighted by Crippen LogP contribution is -2.29. The molecule has 26 heavy (non-hydrogen) atoms. The number of carbonyl (C=O) groups is 2. The molecule has 0 saturated heterocycles. The zero-order chi connectivity index (χ0) is 18.2. The maximum Gasteiger partial charge on any atom is 0.255 e. The lowest BCUT2D eigenvalue weighted by Gasteiger charge is -2.08. The molecule has 2 aromatic carbocycles. The average Bonchev–Trinajstić information content (AvgIpc) is 3.19. The van der Waals surface area contributed by atoms with Gasteiger partial charge in [0.1, 0.15) is 5.76 Å². The minimum atomic E-state index is -0.182. The molecule has 0 unspecified atom stereocenters. The summed E-state index contributed by atoms with van der Waals surface area (Å²) < 4.78 is 5.15. The van der Waals surface area contributed by atoms with Crippen molar-refractivity contribution in [3.05, 3.63) is 84.3 Å². The smallest absolute Gasteiger partial charge is 0.255 e. The van der Waals surface area contributed by atoms with Gasteiger partial charge < -0.3 is 20.4 Å². The van der Waals surface area contributed by atoms with Gasteiger partial charge in [0.15, 0.2) is 0 Å². The van der Waals surface area contributed by atoms with Crippen LogP contribution in [0.2, 0.25) is 0 Å². The first-order valence-corrected chi connectivity index (χ1v) is 8.20. The Hall–Kier alpha value is -3.54. The standard InChI is InChI=1S/C20H19N3O3/c24-19(22-13-18-7-4-12-26-18)14-21-16-10-8-15(9-11-16)20(25)23-17-5-2-1-3-6-17/h1-12,21H,13-14H2,(H,22,24)(H,23,25). The fourth-order valence-corrected chi connectivity index (χ4v) is 2.31. The molecular formula is C20H19N3O3. The molecule has 0 radical (unpaired) electrons. The van der Waals surface area contributed by atoms with Crippen LogP contribution in [0.1, 0.15) is 16.1 Å². The predicted octanol–water partition coefficient (Wildman–Crippen LogP) is 3.26. The third kappa shape index (κ3) is 4.98. The van der Waals surface area contributed by atoms with Crippen LogP contribution in [0.5, 0.6) is 0 Å². The van der Waals surface area contributed by atoms with Crippen molar-refractivity contribution < 1.29 is 14.0 Å². The Labute approximate surface area is 151 Å². The quantitative estimate of drug-likeness (QED) is 0.611. The van der Waals surface area contributed by atoms with Gasteiger partial charge in [-0.3, -0.25) is 9.59 Å². The molecule has 0 fully saturated rings. The van der Waals surface area contributed by atoms with Gasteiger partial charge in [-0.15, -0.1) is 0 Å². The van der Waals surface area contributed by atoms with Crippen molar-refractivity contribution in [1.29, 1.82) is 0 Å². The average molecular weight is 349 g/mol. The topological polar surface area (TPSA) is 83.4 Å². The monoisotopic (exact) mass is 349 g/mol. The molecule has 132 valence electrons. The van der Waals surface area contributed by atoms with E-state index in [2.05, 4.69) is 16.0 Å². The molecule has 0 bridgehead atoms. The Balaban J connectivity index is 1.46. The predicted molar refractivity (Wildman–Crippen MR) is 99.9 cm³/mol. The van der Waals surface area contributed by atoms with E-state index in [1.807, 2.05) is 30.3 Å². The van der Waals surface area contributed by atoms with Crippen LogP contribution >= 0.6 is 0 Å². The Kier molecular flexibility index (Phi) is 5.67. The van der Waals surface area contributed by atoms with Gasteiger partial charge in [-0.25, -0.2) is 0 Å². The Morgan fingerprint density at radius 1 is 0.846 bits per heavy atom. The highest BCUT2D eigenvalue weighted by Gasteiger charge is 2.07. The summed E-state index contributed by atoms with van der Waals surface area (Å²) >= 11 is 0. The minimum absolute atomic E-state index is 0.135. The summed E-state index contributed by atoms with van der Waals surface area (Å²) in [7, 11) is 0. The van der Waals surface area contributed by atoms with E-state index in [-0.39, 0.29) is 18.4 Å². The number of hydrogen-bond acceptors (Lipinski definition) is 4. The van der Waals surface area contributed by atoms with E-state index in [9.17, 15) is 9.59 Å². The summed E-state index contributed by atoms with van der Waals surface area (Å²) in [4.78, 5) is 24.0. The van der Waals surface area contributed by atoms with E-state index < -0.39 is 0 Å². The highest BCUT2D eigenvalue weighted by molar-refractivity contribution is 6.04. The summed E-state index contributed by atoms with van der Waals surface area (Å²) in [5, 5.41) is 8.59. The zero-order valence-corrected chi connectivity index (χ0v) is 14.1. The van der Waals surface area contributed by atoms with Crippen molar-refractivity contribution >= 4 is 23.2 Å². The maximum absolute atomic E-state index is 12.2. The van der Waals surface area contributed by atoms with E-state index in [1.54, 1.807) is 42.7 Å². The van der Waals surface area contributed by atoms with Gasteiger partial charge in [0.2, 0.25) is 5.91 Å². The van der Waals surface area contributed by atoms with Crippen molar-refractivity contribution in [2.45, 2.75) is 6.54 Å². The molecule has 3 N–H and O–H groups in total. The molecule has 3 rings (SSSR count). The molecule has 0 saturated carbocycles. The summed E-state index contributed by atoms with van der Waals surface area (Å²) in [6, 6.07) is 19.8. The van der Waals surface area contributed by atoms with Crippen molar-refractivity contribution in [2.75, 3.05) is 17.2 Å². The first-order valence-electron chi connectivity index (χ1n) is 8.20. The number of rotatable bonds is 7. The van der Waals surface area contributed by atoms with Gasteiger partial charge in [-0.05, 0) is 48.5 Å². The first-order chi connectivity index (χ1) is 12.7. The van der Waals surface area contributed by atoms with Crippen molar-refractivity contribution in [2.24, 2.45) is 0 Å². The third-order valence-corrected chi connectivity index (χ3v) is 3.67. The van der Waals surface area contributed by atoms with E-state index in [4.69, 9.17) is 4.42 Å². The molecule has 6 nitrogen and oxygen atoms in total. The first kappa shape index (κ1) is 17.3. The van der Waals surface area contributed by atoms with Gasteiger partial charge in [0.25, 0.3) is 5.91 Å². The summed E-state index contributed by atoms with van der Waals surface area (Å²) in [6.45, 7) is 0.488. The largest absolute Gasteiger partial charge is 0.467 e. The van der Waals surface area contributed by atoms with E-state index in [0.717, 1.165) is 11.4 Å². The Morgan fingerprint density at radius 3 is 2.31 bits per heavy atom. The molecule has 2 amide bonds. The second-order valence-electron chi connectivity index (χ2n) is 5.61. The summed E-state index contributed by atoms with van der Waals surface area (Å²) in [6.07, 6.45) is 1.56. The number of benzene rings is 2. The van der Waals surface area contributed by atoms with Gasteiger partial charge >= 0.3 is 0 Å². The molecule has 0 spiro atoms. The normalized spacial score (nSPS) is 10.2. The second kappa shape index (κ2) is 8.53. The second-order valence-corrected chi connectivity index (χ2v) is 5.61. The highest BCUT2D eigenvalue weighted by atomic mass is 16.3. The molecule has 3 aromatic rings. The van der Waals surface area contributed by atoms with E-state index >= 15 is 0 Å². The maximum atomic E-state index is 12.2. The molecule has 1 aromatic heterocycles. The summed E-state index contributed by atoms with van der Waals surface area (Å²) in [5.41, 5.74) is 2.05. The van der Waals surface area contributed by atoms with Gasteiger partial charge in [-0.2, -0.15) is 0 Å². The lowest BCUT2D eigenvalue weighted by molar-refractivity contribution is -0.119. The van der Waals surface area contributed by atoms with Crippen molar-refractivity contribution in [3.63, 3.8) is 0 Å². The highest BCUT2D eigenvalue weighted by Crippen LogP contribution is 2.12. The third-order valence-electron chi connectivity index (χ3n) is 3.67. The molecule has 0 atom stereocenters.